The van der Waals surface area contributed by atoms with E-state index in [-0.39, 0.29) is 11.4 Å². The number of hydrogen-bond donors (Lipinski definition) is 1. The molecule has 1 N–H and O–H groups in total. The fourth-order valence-corrected chi connectivity index (χ4v) is 4.08. The number of benzene rings is 2. The van der Waals surface area contributed by atoms with Gasteiger partial charge in [0.1, 0.15) is 11.3 Å². The molecule has 0 radical (unpaired) electrons. The van der Waals surface area contributed by atoms with Crippen LogP contribution in [0.1, 0.15) is 38.2 Å². The summed E-state index contributed by atoms with van der Waals surface area (Å²) in [6.07, 6.45) is 4.72. The van der Waals surface area contributed by atoms with Crippen LogP contribution in [0, 0.1) is 0 Å². The summed E-state index contributed by atoms with van der Waals surface area (Å²) in [5.74, 6) is 0.200. The summed E-state index contributed by atoms with van der Waals surface area (Å²) in [4.78, 5) is 14.8. The Kier molecular flexibility index (Phi) is 4.22. The molecule has 0 bridgehead atoms. The van der Waals surface area contributed by atoms with Gasteiger partial charge >= 0.3 is 5.63 Å². The van der Waals surface area contributed by atoms with E-state index in [2.05, 4.69) is 11.8 Å². The molecule has 1 aliphatic heterocycles. The standard InChI is InChI=1S/C21H23NO3/c1-2-14-7-5-6-12-22(14)13-18-19(23)11-10-16-15-8-3-4-9-17(15)21(24)25-20(16)18/h3-4,8-11,14,23H,2,5-7,12-13H2,1H3/t14-/m1/s1. The van der Waals surface area contributed by atoms with E-state index in [0.717, 1.165) is 29.3 Å². The first-order valence-electron chi connectivity index (χ1n) is 9.09. The summed E-state index contributed by atoms with van der Waals surface area (Å²) >= 11 is 0. The highest BCUT2D eigenvalue weighted by atomic mass is 16.4. The lowest BCUT2D eigenvalue weighted by atomic mass is 9.98. The lowest BCUT2D eigenvalue weighted by Crippen LogP contribution is -2.38. The van der Waals surface area contributed by atoms with Crippen molar-refractivity contribution in [2.75, 3.05) is 6.54 Å². The molecule has 0 unspecified atom stereocenters. The SMILES string of the molecule is CC[C@@H]1CCCCN1Cc1c(O)ccc2c1oc(=O)c1ccccc12. The van der Waals surface area contributed by atoms with Gasteiger partial charge in [0.25, 0.3) is 0 Å². The van der Waals surface area contributed by atoms with Crippen LogP contribution in [0.4, 0.5) is 0 Å². The number of rotatable bonds is 3. The Hall–Kier alpha value is -2.33. The number of likely N-dealkylation sites (tertiary alicyclic amines) is 1. The van der Waals surface area contributed by atoms with Gasteiger partial charge in [-0.1, -0.05) is 31.5 Å². The zero-order chi connectivity index (χ0) is 17.4. The molecule has 0 amide bonds. The second kappa shape index (κ2) is 6.52. The molecule has 1 aromatic heterocycles. The van der Waals surface area contributed by atoms with Crippen LogP contribution in [-0.4, -0.2) is 22.6 Å². The first-order valence-corrected chi connectivity index (χ1v) is 9.09. The normalized spacial score (nSPS) is 18.8. The number of fused-ring (bicyclic) bond motifs is 3. The lowest BCUT2D eigenvalue weighted by molar-refractivity contribution is 0.135. The van der Waals surface area contributed by atoms with Crippen molar-refractivity contribution >= 4 is 21.7 Å². The van der Waals surface area contributed by atoms with Gasteiger partial charge in [0.2, 0.25) is 0 Å². The Bertz CT molecular complexity index is 976. The second-order valence-corrected chi connectivity index (χ2v) is 6.90. The van der Waals surface area contributed by atoms with Gasteiger partial charge in [0.15, 0.2) is 0 Å². The molecule has 3 aromatic rings. The third kappa shape index (κ3) is 2.81. The molecular weight excluding hydrogens is 314 g/mol. The molecule has 2 heterocycles. The molecule has 0 aliphatic carbocycles. The van der Waals surface area contributed by atoms with E-state index in [0.29, 0.717) is 23.6 Å². The van der Waals surface area contributed by atoms with Crippen molar-refractivity contribution in [2.45, 2.75) is 45.2 Å². The van der Waals surface area contributed by atoms with Crippen LogP contribution < -0.4 is 5.63 Å². The Morgan fingerprint density at radius 3 is 2.72 bits per heavy atom. The topological polar surface area (TPSA) is 53.7 Å². The predicted molar refractivity (Wildman–Crippen MR) is 100.0 cm³/mol. The number of hydrogen-bond acceptors (Lipinski definition) is 4. The van der Waals surface area contributed by atoms with Gasteiger partial charge < -0.3 is 9.52 Å². The molecule has 4 heteroatoms. The molecule has 1 aliphatic rings. The average molecular weight is 337 g/mol. The Labute approximate surface area is 146 Å². The van der Waals surface area contributed by atoms with Crippen LogP contribution in [0.15, 0.2) is 45.6 Å². The van der Waals surface area contributed by atoms with Gasteiger partial charge in [-0.2, -0.15) is 0 Å². The summed E-state index contributed by atoms with van der Waals surface area (Å²) in [7, 11) is 0. The highest BCUT2D eigenvalue weighted by Gasteiger charge is 2.24. The summed E-state index contributed by atoms with van der Waals surface area (Å²) in [6.45, 7) is 3.84. The highest BCUT2D eigenvalue weighted by Crippen LogP contribution is 2.33. The van der Waals surface area contributed by atoms with E-state index in [1.807, 2.05) is 24.3 Å². The number of aromatic hydroxyl groups is 1. The van der Waals surface area contributed by atoms with Gasteiger partial charge in [-0.25, -0.2) is 4.79 Å². The predicted octanol–water partition coefficient (Wildman–Crippen LogP) is 4.42. The number of piperidine rings is 1. The minimum atomic E-state index is -0.347. The molecular formula is C21H23NO3. The minimum Gasteiger partial charge on any atom is -0.507 e. The highest BCUT2D eigenvalue weighted by molar-refractivity contribution is 6.05. The molecule has 130 valence electrons. The monoisotopic (exact) mass is 337 g/mol. The minimum absolute atomic E-state index is 0.200. The molecule has 0 saturated carbocycles. The van der Waals surface area contributed by atoms with E-state index in [1.54, 1.807) is 12.1 Å². The van der Waals surface area contributed by atoms with Gasteiger partial charge in [0.05, 0.1) is 10.9 Å². The van der Waals surface area contributed by atoms with Crippen molar-refractivity contribution in [2.24, 2.45) is 0 Å². The number of phenolic OH excluding ortho intramolecular Hbond substituents is 1. The van der Waals surface area contributed by atoms with Crippen molar-refractivity contribution in [3.63, 3.8) is 0 Å². The first-order chi connectivity index (χ1) is 12.2. The van der Waals surface area contributed by atoms with E-state index in [1.165, 1.54) is 19.3 Å². The van der Waals surface area contributed by atoms with Crippen LogP contribution in [0.3, 0.4) is 0 Å². The fourth-order valence-electron chi connectivity index (χ4n) is 4.08. The zero-order valence-electron chi connectivity index (χ0n) is 14.5. The summed E-state index contributed by atoms with van der Waals surface area (Å²) < 4.78 is 5.66. The number of phenols is 1. The maximum absolute atomic E-state index is 12.4. The summed E-state index contributed by atoms with van der Waals surface area (Å²) in [5.41, 5.74) is 0.894. The Balaban J connectivity index is 1.88. The van der Waals surface area contributed by atoms with Crippen molar-refractivity contribution in [3.05, 3.63) is 52.4 Å². The van der Waals surface area contributed by atoms with E-state index < -0.39 is 0 Å². The third-order valence-corrected chi connectivity index (χ3v) is 5.45. The van der Waals surface area contributed by atoms with Crippen LogP contribution in [0.25, 0.3) is 21.7 Å². The van der Waals surface area contributed by atoms with Crippen LogP contribution in [0.2, 0.25) is 0 Å². The summed E-state index contributed by atoms with van der Waals surface area (Å²) in [6, 6.07) is 11.6. The van der Waals surface area contributed by atoms with E-state index >= 15 is 0 Å². The largest absolute Gasteiger partial charge is 0.507 e. The molecule has 4 rings (SSSR count). The molecule has 25 heavy (non-hydrogen) atoms. The quantitative estimate of drug-likeness (QED) is 0.568. The fraction of sp³-hybridized carbons (Fsp3) is 0.381. The van der Waals surface area contributed by atoms with E-state index in [9.17, 15) is 9.90 Å². The molecule has 2 aromatic carbocycles. The first kappa shape index (κ1) is 16.2. The maximum Gasteiger partial charge on any atom is 0.344 e. The Morgan fingerprint density at radius 2 is 1.92 bits per heavy atom. The van der Waals surface area contributed by atoms with Gasteiger partial charge in [0, 0.05) is 18.0 Å². The van der Waals surface area contributed by atoms with E-state index in [4.69, 9.17) is 4.42 Å². The van der Waals surface area contributed by atoms with Gasteiger partial charge in [-0.3, -0.25) is 4.90 Å². The van der Waals surface area contributed by atoms with Gasteiger partial charge in [-0.15, -0.1) is 0 Å². The van der Waals surface area contributed by atoms with Crippen LogP contribution in [-0.2, 0) is 6.54 Å². The average Bonchev–Trinajstić information content (AvgIpc) is 2.65. The van der Waals surface area contributed by atoms with Crippen molar-refractivity contribution < 1.29 is 9.52 Å². The van der Waals surface area contributed by atoms with Gasteiger partial charge in [-0.05, 0) is 49.4 Å². The zero-order valence-corrected chi connectivity index (χ0v) is 14.5. The molecule has 1 fully saturated rings. The Morgan fingerprint density at radius 1 is 1.12 bits per heavy atom. The smallest absolute Gasteiger partial charge is 0.344 e. The number of nitrogens with zero attached hydrogens (tertiary/aromatic N) is 1. The van der Waals surface area contributed by atoms with Crippen molar-refractivity contribution in [1.29, 1.82) is 0 Å². The third-order valence-electron chi connectivity index (χ3n) is 5.45. The van der Waals surface area contributed by atoms with Crippen LogP contribution >= 0.6 is 0 Å². The lowest BCUT2D eigenvalue weighted by Gasteiger charge is -2.35. The van der Waals surface area contributed by atoms with Crippen molar-refractivity contribution in [1.82, 2.24) is 4.90 Å². The van der Waals surface area contributed by atoms with Crippen LogP contribution in [0.5, 0.6) is 5.75 Å². The molecule has 1 atom stereocenters. The van der Waals surface area contributed by atoms with Crippen molar-refractivity contribution in [3.8, 4) is 5.75 Å². The molecule has 1 saturated heterocycles. The molecule has 4 nitrogen and oxygen atoms in total. The summed E-state index contributed by atoms with van der Waals surface area (Å²) in [5, 5.41) is 12.8. The molecule has 0 spiro atoms. The second-order valence-electron chi connectivity index (χ2n) is 6.90. The maximum atomic E-state index is 12.4.